The third-order valence-electron chi connectivity index (χ3n) is 4.05. The summed E-state index contributed by atoms with van der Waals surface area (Å²) in [6.45, 7) is 7.34. The number of aromatic nitrogens is 1. The number of nitrogens with one attached hydrogen (secondary N) is 1. The second kappa shape index (κ2) is 9.45. The molecule has 1 amide bonds. The molecule has 22 heavy (non-hydrogen) atoms. The van der Waals surface area contributed by atoms with E-state index in [1.54, 1.807) is 23.2 Å². The van der Waals surface area contributed by atoms with E-state index < -0.39 is 0 Å². The maximum absolute atomic E-state index is 11.6. The third kappa shape index (κ3) is 5.19. The number of carbonyl (C=O) groups is 1. The fraction of sp³-hybridized carbons (Fsp3) is 0.733. The van der Waals surface area contributed by atoms with Gasteiger partial charge in [0.25, 0.3) is 0 Å². The van der Waals surface area contributed by atoms with E-state index in [4.69, 9.17) is 0 Å². The van der Waals surface area contributed by atoms with E-state index in [0.717, 1.165) is 30.5 Å². The highest BCUT2D eigenvalue weighted by atomic mass is 35.5. The molecule has 0 aliphatic carbocycles. The maximum Gasteiger partial charge on any atom is 0.225 e. The van der Waals surface area contributed by atoms with Crippen LogP contribution < -0.4 is 10.2 Å². The van der Waals surface area contributed by atoms with Crippen molar-refractivity contribution in [2.24, 2.45) is 0 Å². The molecule has 5 nitrogen and oxygen atoms in total. The van der Waals surface area contributed by atoms with Gasteiger partial charge in [0.1, 0.15) is 0 Å². The Labute approximate surface area is 143 Å². The number of carbonyl (C=O) groups excluding carboxylic acids is 1. The Bertz CT molecular complexity index is 460. The standard InChI is InChI=1S/C15H26N4OS.ClH/c1-4-19(12(2)20)15-17-13(11-21-15)10-18(3)14-6-5-8-16-9-7-14;/h11,14,16H,4-10H2,1-3H3;1H. The molecule has 1 fully saturated rings. The van der Waals surface area contributed by atoms with Crippen LogP contribution >= 0.6 is 23.7 Å². The molecule has 1 N–H and O–H groups in total. The zero-order valence-corrected chi connectivity index (χ0v) is 15.3. The molecular formula is C15H27ClN4OS. The molecule has 1 unspecified atom stereocenters. The molecule has 0 saturated carbocycles. The first-order valence-corrected chi connectivity index (χ1v) is 8.63. The summed E-state index contributed by atoms with van der Waals surface area (Å²) >= 11 is 1.56. The van der Waals surface area contributed by atoms with E-state index in [9.17, 15) is 4.79 Å². The van der Waals surface area contributed by atoms with Crippen molar-refractivity contribution < 1.29 is 4.79 Å². The van der Waals surface area contributed by atoms with Crippen LogP contribution in [0.4, 0.5) is 5.13 Å². The summed E-state index contributed by atoms with van der Waals surface area (Å²) in [6.07, 6.45) is 3.68. The van der Waals surface area contributed by atoms with Crippen molar-refractivity contribution in [3.8, 4) is 0 Å². The van der Waals surface area contributed by atoms with Gasteiger partial charge in [-0.3, -0.25) is 14.6 Å². The van der Waals surface area contributed by atoms with E-state index in [0.29, 0.717) is 12.6 Å². The highest BCUT2D eigenvalue weighted by Gasteiger charge is 2.19. The van der Waals surface area contributed by atoms with Crippen LogP contribution in [0.5, 0.6) is 0 Å². The molecule has 2 heterocycles. The van der Waals surface area contributed by atoms with Crippen molar-refractivity contribution in [3.63, 3.8) is 0 Å². The summed E-state index contributed by atoms with van der Waals surface area (Å²) in [5.74, 6) is 0.0570. The Balaban J connectivity index is 0.00000242. The largest absolute Gasteiger partial charge is 0.317 e. The molecule has 0 aromatic carbocycles. The minimum atomic E-state index is 0. The average Bonchev–Trinajstić information content (AvgIpc) is 2.74. The highest BCUT2D eigenvalue weighted by Crippen LogP contribution is 2.22. The number of hydrogen-bond acceptors (Lipinski definition) is 5. The SMILES string of the molecule is CCN(C(C)=O)c1nc(CN(C)C2CCCNCC2)cs1.Cl. The minimum Gasteiger partial charge on any atom is -0.317 e. The van der Waals surface area contributed by atoms with Crippen LogP contribution in [-0.4, -0.2) is 48.5 Å². The lowest BCUT2D eigenvalue weighted by Crippen LogP contribution is -2.32. The molecule has 0 bridgehead atoms. The minimum absolute atomic E-state index is 0. The molecule has 1 saturated heterocycles. The summed E-state index contributed by atoms with van der Waals surface area (Å²) < 4.78 is 0. The van der Waals surface area contributed by atoms with Gasteiger partial charge in [-0.25, -0.2) is 4.98 Å². The zero-order chi connectivity index (χ0) is 15.2. The Hall–Kier alpha value is -0.690. The van der Waals surface area contributed by atoms with Crippen molar-refractivity contribution in [2.45, 2.75) is 45.7 Å². The molecule has 1 atom stereocenters. The number of anilines is 1. The molecular weight excluding hydrogens is 320 g/mol. The number of rotatable bonds is 5. The fourth-order valence-corrected chi connectivity index (χ4v) is 3.74. The Kier molecular flexibility index (Phi) is 8.31. The summed E-state index contributed by atoms with van der Waals surface area (Å²) in [5, 5.41) is 6.34. The van der Waals surface area contributed by atoms with E-state index in [1.807, 2.05) is 6.92 Å². The van der Waals surface area contributed by atoms with Crippen LogP contribution in [0.1, 0.15) is 38.8 Å². The van der Waals surface area contributed by atoms with Crippen LogP contribution in [-0.2, 0) is 11.3 Å². The third-order valence-corrected chi connectivity index (χ3v) is 4.96. The predicted molar refractivity (Wildman–Crippen MR) is 95.0 cm³/mol. The first-order chi connectivity index (χ1) is 10.1. The molecule has 1 aromatic rings. The van der Waals surface area contributed by atoms with E-state index in [1.165, 1.54) is 19.3 Å². The average molecular weight is 347 g/mol. The maximum atomic E-state index is 11.6. The molecule has 1 aromatic heterocycles. The normalized spacial score (nSPS) is 18.6. The van der Waals surface area contributed by atoms with Crippen LogP contribution in [0.25, 0.3) is 0 Å². The number of halogens is 1. The van der Waals surface area contributed by atoms with Gasteiger partial charge in [-0.05, 0) is 46.3 Å². The summed E-state index contributed by atoms with van der Waals surface area (Å²) in [5.41, 5.74) is 1.06. The number of hydrogen-bond donors (Lipinski definition) is 1. The van der Waals surface area contributed by atoms with Crippen LogP contribution in [0.2, 0.25) is 0 Å². The second-order valence-corrected chi connectivity index (χ2v) is 6.47. The molecule has 126 valence electrons. The van der Waals surface area contributed by atoms with Crippen LogP contribution in [0, 0.1) is 0 Å². The summed E-state index contributed by atoms with van der Waals surface area (Å²) in [4.78, 5) is 20.3. The van der Waals surface area contributed by atoms with Crippen molar-refractivity contribution >= 4 is 34.8 Å². The van der Waals surface area contributed by atoms with E-state index >= 15 is 0 Å². The lowest BCUT2D eigenvalue weighted by atomic mass is 10.1. The van der Waals surface area contributed by atoms with Gasteiger partial charge in [-0.2, -0.15) is 0 Å². The van der Waals surface area contributed by atoms with Gasteiger partial charge in [-0.15, -0.1) is 23.7 Å². The fourth-order valence-electron chi connectivity index (χ4n) is 2.81. The van der Waals surface area contributed by atoms with Gasteiger partial charge in [0.2, 0.25) is 5.91 Å². The van der Waals surface area contributed by atoms with Crippen molar-refractivity contribution in [2.75, 3.05) is 31.6 Å². The molecule has 2 rings (SSSR count). The van der Waals surface area contributed by atoms with Crippen LogP contribution in [0.3, 0.4) is 0 Å². The topological polar surface area (TPSA) is 48.5 Å². The molecule has 0 radical (unpaired) electrons. The first kappa shape index (κ1) is 19.4. The number of thiazole rings is 1. The van der Waals surface area contributed by atoms with Gasteiger partial charge in [-0.1, -0.05) is 0 Å². The van der Waals surface area contributed by atoms with Crippen molar-refractivity contribution in [1.82, 2.24) is 15.2 Å². The second-order valence-electron chi connectivity index (χ2n) is 5.63. The lowest BCUT2D eigenvalue weighted by Gasteiger charge is -2.26. The Morgan fingerprint density at radius 3 is 2.91 bits per heavy atom. The van der Waals surface area contributed by atoms with Gasteiger partial charge in [0.05, 0.1) is 5.69 Å². The molecule has 0 spiro atoms. The Morgan fingerprint density at radius 1 is 1.45 bits per heavy atom. The van der Waals surface area contributed by atoms with Crippen molar-refractivity contribution in [3.05, 3.63) is 11.1 Å². The highest BCUT2D eigenvalue weighted by molar-refractivity contribution is 7.14. The number of amides is 1. The van der Waals surface area contributed by atoms with Gasteiger partial charge >= 0.3 is 0 Å². The summed E-state index contributed by atoms with van der Waals surface area (Å²) in [6, 6.07) is 0.625. The van der Waals surface area contributed by atoms with Gasteiger partial charge in [0.15, 0.2) is 5.13 Å². The van der Waals surface area contributed by atoms with Gasteiger partial charge < -0.3 is 5.32 Å². The lowest BCUT2D eigenvalue weighted by molar-refractivity contribution is -0.116. The molecule has 1 aliphatic rings. The predicted octanol–water partition coefficient (Wildman–Crippen LogP) is 2.51. The molecule has 7 heteroatoms. The van der Waals surface area contributed by atoms with E-state index in [2.05, 4.69) is 27.6 Å². The van der Waals surface area contributed by atoms with Crippen molar-refractivity contribution in [1.29, 1.82) is 0 Å². The zero-order valence-electron chi connectivity index (χ0n) is 13.7. The Morgan fingerprint density at radius 2 is 2.23 bits per heavy atom. The monoisotopic (exact) mass is 346 g/mol. The summed E-state index contributed by atoms with van der Waals surface area (Å²) in [7, 11) is 2.18. The molecule has 1 aliphatic heterocycles. The van der Waals surface area contributed by atoms with E-state index in [-0.39, 0.29) is 18.3 Å². The first-order valence-electron chi connectivity index (χ1n) is 7.75. The smallest absolute Gasteiger partial charge is 0.225 e. The van der Waals surface area contributed by atoms with Crippen LogP contribution in [0.15, 0.2) is 5.38 Å². The quantitative estimate of drug-likeness (QED) is 0.890. The van der Waals surface area contributed by atoms with Gasteiger partial charge in [0, 0.05) is 31.4 Å². The number of nitrogens with zero attached hydrogens (tertiary/aromatic N) is 3.